The summed E-state index contributed by atoms with van der Waals surface area (Å²) in [5.41, 5.74) is -7.75. The van der Waals surface area contributed by atoms with Gasteiger partial charge in [-0.25, -0.2) is 0 Å². The third-order valence-electron chi connectivity index (χ3n) is 4.93. The highest BCUT2D eigenvalue weighted by atomic mass is 32.2. The maximum absolute atomic E-state index is 13.2. The normalized spacial score (nSPS) is 12.2. The predicted octanol–water partition coefficient (Wildman–Crippen LogP) is 1.38. The molecule has 0 unspecified atom stereocenters. The van der Waals surface area contributed by atoms with Gasteiger partial charge in [0.15, 0.2) is 11.5 Å². The summed E-state index contributed by atoms with van der Waals surface area (Å²) in [4.78, 5) is 37.5. The average Bonchev–Trinajstić information content (AvgIpc) is 3.00. The molecule has 0 radical (unpaired) electrons. The Labute approximate surface area is 184 Å². The van der Waals surface area contributed by atoms with Crippen LogP contribution in [0.5, 0.6) is 5.75 Å². The Hall–Kier alpha value is -3.61. The van der Waals surface area contributed by atoms with Crippen LogP contribution in [0.15, 0.2) is 41.2 Å². The van der Waals surface area contributed by atoms with Gasteiger partial charge in [0.05, 0.1) is 18.0 Å². The second-order valence-electron chi connectivity index (χ2n) is 6.94. The highest BCUT2D eigenvalue weighted by Gasteiger charge is 2.49. The van der Waals surface area contributed by atoms with Crippen LogP contribution in [0.2, 0.25) is 0 Å². The number of carboxylic acids is 1. The van der Waals surface area contributed by atoms with Crippen molar-refractivity contribution >= 4 is 32.8 Å². The van der Waals surface area contributed by atoms with E-state index in [1.165, 1.54) is 18.2 Å². The van der Waals surface area contributed by atoms with Crippen molar-refractivity contribution in [3.8, 4) is 5.75 Å². The number of pyridine rings is 1. The van der Waals surface area contributed by atoms with Gasteiger partial charge >= 0.3 is 15.6 Å². The number of hydrogen-bond acceptors (Lipinski definition) is 7. The molecule has 3 aromatic rings. The van der Waals surface area contributed by atoms with Crippen molar-refractivity contribution in [3.63, 3.8) is 0 Å². The molecule has 3 rings (SSSR count). The molecule has 0 spiro atoms. The molecule has 176 valence electrons. The zero-order chi connectivity index (χ0) is 24.7. The summed E-state index contributed by atoms with van der Waals surface area (Å²) >= 11 is 0. The van der Waals surface area contributed by atoms with Crippen molar-refractivity contribution in [2.24, 2.45) is 7.05 Å². The number of aryl methyl sites for hydroxylation is 2. The fraction of sp³-hybridized carbons (Fsp3) is 0.250. The molecule has 1 aromatic carbocycles. The van der Waals surface area contributed by atoms with Gasteiger partial charge in [0, 0.05) is 18.3 Å². The Balaban J connectivity index is 2.31. The SMILES string of the molecule is CCc1cc2c(c(OS(=O)(=O)C(F)(F)F)c(C(=O)[O-])n2C)c(=O)n1CC(=O)c1ccccc1. The Morgan fingerprint density at radius 1 is 1.15 bits per heavy atom. The summed E-state index contributed by atoms with van der Waals surface area (Å²) in [6.07, 6.45) is 0.191. The largest absolute Gasteiger partial charge is 0.543 e. The lowest BCUT2D eigenvalue weighted by Crippen LogP contribution is -2.31. The van der Waals surface area contributed by atoms with E-state index in [0.29, 0.717) is 0 Å². The summed E-state index contributed by atoms with van der Waals surface area (Å²) in [5.74, 6) is -3.91. The Bertz CT molecular complexity index is 1420. The highest BCUT2D eigenvalue weighted by molar-refractivity contribution is 7.88. The van der Waals surface area contributed by atoms with Gasteiger partial charge in [-0.2, -0.15) is 21.6 Å². The van der Waals surface area contributed by atoms with Crippen molar-refractivity contribution in [1.29, 1.82) is 0 Å². The zero-order valence-corrected chi connectivity index (χ0v) is 18.0. The molecule has 2 aromatic heterocycles. The Morgan fingerprint density at radius 2 is 1.76 bits per heavy atom. The van der Waals surface area contributed by atoms with Gasteiger partial charge < -0.3 is 23.2 Å². The molecule has 33 heavy (non-hydrogen) atoms. The number of alkyl halides is 3. The maximum atomic E-state index is 13.2. The molecule has 13 heteroatoms. The molecule has 0 saturated carbocycles. The van der Waals surface area contributed by atoms with Crippen LogP contribution in [0.3, 0.4) is 0 Å². The van der Waals surface area contributed by atoms with E-state index in [9.17, 15) is 41.1 Å². The van der Waals surface area contributed by atoms with Crippen LogP contribution in [-0.2, 0) is 30.1 Å². The number of carbonyl (C=O) groups excluding carboxylic acids is 2. The maximum Gasteiger partial charge on any atom is 0.534 e. The number of nitrogens with zero attached hydrogens (tertiary/aromatic N) is 2. The molecule has 0 N–H and O–H groups in total. The monoisotopic (exact) mass is 485 g/mol. The van der Waals surface area contributed by atoms with Gasteiger partial charge in [-0.1, -0.05) is 37.3 Å². The van der Waals surface area contributed by atoms with Crippen LogP contribution in [0, 0.1) is 0 Å². The van der Waals surface area contributed by atoms with Crippen LogP contribution < -0.4 is 14.8 Å². The number of ketones is 1. The van der Waals surface area contributed by atoms with Gasteiger partial charge in [0.2, 0.25) is 0 Å². The number of carbonyl (C=O) groups is 2. The van der Waals surface area contributed by atoms with E-state index in [1.807, 2.05) is 0 Å². The molecule has 0 fully saturated rings. The quantitative estimate of drug-likeness (QED) is 0.281. The number of Topliss-reactive ketones (excluding diaryl/α,β-unsaturated/α-hetero) is 1. The van der Waals surface area contributed by atoms with Crippen molar-refractivity contribution in [2.45, 2.75) is 25.4 Å². The van der Waals surface area contributed by atoms with Crippen molar-refractivity contribution in [2.75, 3.05) is 0 Å². The van der Waals surface area contributed by atoms with Crippen LogP contribution >= 0.6 is 0 Å². The minimum atomic E-state index is -6.32. The minimum Gasteiger partial charge on any atom is -0.543 e. The molecule has 0 atom stereocenters. The third-order valence-corrected chi connectivity index (χ3v) is 5.89. The molecule has 2 heterocycles. The summed E-state index contributed by atoms with van der Waals surface area (Å²) < 4.78 is 67.7. The Kier molecular flexibility index (Phi) is 6.11. The smallest absolute Gasteiger partial charge is 0.534 e. The van der Waals surface area contributed by atoms with E-state index in [0.717, 1.165) is 16.2 Å². The first-order valence-corrected chi connectivity index (χ1v) is 10.8. The number of halogens is 3. The number of hydrogen-bond donors (Lipinski definition) is 0. The van der Waals surface area contributed by atoms with E-state index < -0.39 is 56.3 Å². The van der Waals surface area contributed by atoms with Gasteiger partial charge in [0.1, 0.15) is 11.1 Å². The minimum absolute atomic E-state index is 0.191. The third kappa shape index (κ3) is 4.23. The van der Waals surface area contributed by atoms with Crippen molar-refractivity contribution in [3.05, 3.63) is 63.7 Å². The number of aromatic nitrogens is 2. The van der Waals surface area contributed by atoms with E-state index in [-0.39, 0.29) is 23.2 Å². The number of benzene rings is 1. The molecular formula is C20H16F3N2O7S-. The second-order valence-corrected chi connectivity index (χ2v) is 8.48. The van der Waals surface area contributed by atoms with Crippen molar-refractivity contribution in [1.82, 2.24) is 9.13 Å². The first-order valence-electron chi connectivity index (χ1n) is 9.35. The zero-order valence-electron chi connectivity index (χ0n) is 17.2. The van der Waals surface area contributed by atoms with E-state index in [1.54, 1.807) is 25.1 Å². The summed E-state index contributed by atoms with van der Waals surface area (Å²) in [6.45, 7) is 1.11. The molecule has 0 amide bonds. The highest BCUT2D eigenvalue weighted by Crippen LogP contribution is 2.35. The molecule has 0 aliphatic heterocycles. The van der Waals surface area contributed by atoms with Gasteiger partial charge in [0.25, 0.3) is 5.56 Å². The summed E-state index contributed by atoms with van der Waals surface area (Å²) in [6, 6.07) is 9.13. The number of aromatic carboxylic acids is 1. The van der Waals surface area contributed by atoms with Crippen LogP contribution in [0.25, 0.3) is 10.9 Å². The standard InChI is InChI=1S/C20H17F3N2O7S/c1-3-12-9-13-15(18(27)25(12)10-14(26)11-7-5-4-6-8-11)17(16(19(28)29)24(13)2)32-33(30,31)20(21,22)23/h4-9H,3,10H2,1-2H3,(H,28,29)/p-1. The molecule has 9 nitrogen and oxygen atoms in total. The van der Waals surface area contributed by atoms with Crippen LogP contribution in [0.1, 0.15) is 33.5 Å². The van der Waals surface area contributed by atoms with Gasteiger partial charge in [-0.15, -0.1) is 0 Å². The fourth-order valence-electron chi connectivity index (χ4n) is 3.34. The fourth-order valence-corrected chi connectivity index (χ4v) is 3.82. The van der Waals surface area contributed by atoms with Crippen LogP contribution in [0.4, 0.5) is 13.2 Å². The molecule has 0 aliphatic rings. The second kappa shape index (κ2) is 8.39. The van der Waals surface area contributed by atoms with Gasteiger partial charge in [-0.05, 0) is 12.5 Å². The lowest BCUT2D eigenvalue weighted by molar-refractivity contribution is -0.255. The number of carboxylic acid groups (broad SMARTS) is 1. The summed E-state index contributed by atoms with van der Waals surface area (Å²) in [7, 11) is -5.22. The van der Waals surface area contributed by atoms with Crippen molar-refractivity contribution < 1.29 is 40.5 Å². The lowest BCUT2D eigenvalue weighted by Gasteiger charge is -2.13. The molecular weight excluding hydrogens is 469 g/mol. The number of fused-ring (bicyclic) bond motifs is 1. The topological polar surface area (TPSA) is 128 Å². The van der Waals surface area contributed by atoms with E-state index in [4.69, 9.17) is 0 Å². The first kappa shape index (κ1) is 24.0. The molecule has 0 aliphatic carbocycles. The lowest BCUT2D eigenvalue weighted by atomic mass is 10.1. The number of rotatable bonds is 7. The van der Waals surface area contributed by atoms with E-state index >= 15 is 0 Å². The molecule has 0 saturated heterocycles. The van der Waals surface area contributed by atoms with Gasteiger partial charge in [-0.3, -0.25) is 9.59 Å². The molecule has 0 bridgehead atoms. The van der Waals surface area contributed by atoms with E-state index in [2.05, 4.69) is 4.18 Å². The first-order chi connectivity index (χ1) is 15.3. The average molecular weight is 485 g/mol. The summed E-state index contributed by atoms with van der Waals surface area (Å²) in [5, 5.41) is 10.9. The van der Waals surface area contributed by atoms with Crippen LogP contribution in [-0.4, -0.2) is 34.8 Å². The Morgan fingerprint density at radius 3 is 2.27 bits per heavy atom. The predicted molar refractivity (Wildman–Crippen MR) is 107 cm³/mol.